The highest BCUT2D eigenvalue weighted by molar-refractivity contribution is 5.86. The molecule has 1 aromatic rings. The summed E-state index contributed by atoms with van der Waals surface area (Å²) in [6, 6.07) is 3.26. The van der Waals surface area contributed by atoms with Crippen molar-refractivity contribution in [2.75, 3.05) is 7.11 Å². The topological polar surface area (TPSA) is 56.3 Å². The average molecular weight is 191 g/mol. The summed E-state index contributed by atoms with van der Waals surface area (Å²) in [5.74, 6) is -0.439. The number of carbonyl (C=O) groups is 2. The van der Waals surface area contributed by atoms with E-state index in [-0.39, 0.29) is 0 Å². The second-order valence-corrected chi connectivity index (χ2v) is 2.49. The van der Waals surface area contributed by atoms with Gasteiger partial charge in [-0.25, -0.2) is 4.79 Å². The monoisotopic (exact) mass is 191 g/mol. The zero-order valence-electron chi connectivity index (χ0n) is 7.64. The molecule has 0 spiro atoms. The number of pyridine rings is 1. The third-order valence-electron chi connectivity index (χ3n) is 1.54. The Hall–Kier alpha value is -1.97. The Morgan fingerprint density at radius 3 is 2.79 bits per heavy atom. The van der Waals surface area contributed by atoms with Crippen molar-refractivity contribution in [1.82, 2.24) is 4.98 Å². The zero-order valence-corrected chi connectivity index (χ0v) is 7.64. The first-order valence-electron chi connectivity index (χ1n) is 3.93. The Labute approximate surface area is 81.2 Å². The number of aromatic nitrogens is 1. The minimum Gasteiger partial charge on any atom is -0.466 e. The number of carbonyl (C=O) groups excluding carboxylic acids is 2. The largest absolute Gasteiger partial charge is 0.466 e. The fraction of sp³-hybridized carbons (Fsp3) is 0.100. The van der Waals surface area contributed by atoms with E-state index in [1.165, 1.54) is 25.5 Å². The molecule has 0 unspecified atom stereocenters. The Kier molecular flexibility index (Phi) is 3.55. The van der Waals surface area contributed by atoms with E-state index >= 15 is 0 Å². The molecule has 1 rings (SSSR count). The van der Waals surface area contributed by atoms with Gasteiger partial charge in [0.05, 0.1) is 12.8 Å². The summed E-state index contributed by atoms with van der Waals surface area (Å²) in [5, 5.41) is 0. The Balaban J connectivity index is 2.73. The number of ether oxygens (including phenoxy) is 1. The van der Waals surface area contributed by atoms with Crippen LogP contribution >= 0.6 is 0 Å². The van der Waals surface area contributed by atoms with Crippen LogP contribution in [0.25, 0.3) is 6.08 Å². The van der Waals surface area contributed by atoms with E-state index in [2.05, 4.69) is 9.72 Å². The number of hydrogen-bond donors (Lipinski definition) is 0. The van der Waals surface area contributed by atoms with Gasteiger partial charge in [0, 0.05) is 17.8 Å². The lowest BCUT2D eigenvalue weighted by molar-refractivity contribution is -0.134. The predicted molar refractivity (Wildman–Crippen MR) is 50.7 cm³/mol. The molecule has 0 amide bonds. The first-order valence-corrected chi connectivity index (χ1v) is 3.93. The van der Waals surface area contributed by atoms with Gasteiger partial charge >= 0.3 is 5.97 Å². The molecular formula is C10H9NO3. The molecular weight excluding hydrogens is 182 g/mol. The van der Waals surface area contributed by atoms with Crippen molar-refractivity contribution in [2.24, 2.45) is 0 Å². The van der Waals surface area contributed by atoms with Crippen LogP contribution in [0, 0.1) is 0 Å². The van der Waals surface area contributed by atoms with Gasteiger partial charge in [0.1, 0.15) is 0 Å². The molecule has 1 heterocycles. The second kappa shape index (κ2) is 4.91. The van der Waals surface area contributed by atoms with Gasteiger partial charge in [0.2, 0.25) is 0 Å². The van der Waals surface area contributed by atoms with E-state index in [4.69, 9.17) is 0 Å². The SMILES string of the molecule is COC(=O)C=Cc1ccc(C=O)cn1. The number of hydrogen-bond acceptors (Lipinski definition) is 4. The van der Waals surface area contributed by atoms with Crippen molar-refractivity contribution in [2.45, 2.75) is 0 Å². The number of aldehydes is 1. The molecule has 14 heavy (non-hydrogen) atoms. The van der Waals surface area contributed by atoms with E-state index in [1.807, 2.05) is 0 Å². The van der Waals surface area contributed by atoms with Crippen LogP contribution in [0.15, 0.2) is 24.4 Å². The van der Waals surface area contributed by atoms with Crippen LogP contribution in [-0.2, 0) is 9.53 Å². The smallest absolute Gasteiger partial charge is 0.330 e. The number of esters is 1. The Bertz CT molecular complexity index is 354. The summed E-state index contributed by atoms with van der Waals surface area (Å²) in [5.41, 5.74) is 1.10. The van der Waals surface area contributed by atoms with Gasteiger partial charge in [-0.15, -0.1) is 0 Å². The molecule has 0 saturated carbocycles. The molecule has 0 aliphatic carbocycles. The van der Waals surface area contributed by atoms with Gasteiger partial charge in [-0.3, -0.25) is 9.78 Å². The van der Waals surface area contributed by atoms with Crippen molar-refractivity contribution < 1.29 is 14.3 Å². The fourth-order valence-electron chi connectivity index (χ4n) is 0.807. The number of methoxy groups -OCH3 is 1. The minimum atomic E-state index is -0.439. The maximum atomic E-state index is 10.7. The van der Waals surface area contributed by atoms with E-state index in [0.717, 1.165) is 0 Å². The van der Waals surface area contributed by atoms with Gasteiger partial charge in [-0.1, -0.05) is 0 Å². The van der Waals surface area contributed by atoms with E-state index in [1.54, 1.807) is 12.1 Å². The van der Waals surface area contributed by atoms with Crippen molar-refractivity contribution >= 4 is 18.3 Å². The van der Waals surface area contributed by atoms with Crippen LogP contribution < -0.4 is 0 Å². The first kappa shape index (κ1) is 10.1. The standard InChI is InChI=1S/C10H9NO3/c1-14-10(13)5-4-9-3-2-8(7-12)6-11-9/h2-7H,1H3. The molecule has 0 aromatic carbocycles. The summed E-state index contributed by atoms with van der Waals surface area (Å²) < 4.78 is 4.41. The third kappa shape index (κ3) is 2.82. The summed E-state index contributed by atoms with van der Waals surface area (Å²) in [4.78, 5) is 24.9. The van der Waals surface area contributed by atoms with Gasteiger partial charge in [-0.05, 0) is 18.2 Å². The van der Waals surface area contributed by atoms with Crippen molar-refractivity contribution in [3.63, 3.8) is 0 Å². The molecule has 72 valence electrons. The molecule has 0 N–H and O–H groups in total. The van der Waals surface area contributed by atoms with Crippen LogP contribution in [0.5, 0.6) is 0 Å². The van der Waals surface area contributed by atoms with Crippen LogP contribution in [-0.4, -0.2) is 24.3 Å². The molecule has 0 radical (unpaired) electrons. The molecule has 0 aliphatic heterocycles. The lowest BCUT2D eigenvalue weighted by Crippen LogP contribution is -1.93. The zero-order chi connectivity index (χ0) is 10.4. The maximum absolute atomic E-state index is 10.7. The number of nitrogens with zero attached hydrogens (tertiary/aromatic N) is 1. The normalized spacial score (nSPS) is 10.1. The lowest BCUT2D eigenvalue weighted by Gasteiger charge is -1.93. The summed E-state index contributed by atoms with van der Waals surface area (Å²) in [7, 11) is 1.30. The van der Waals surface area contributed by atoms with Gasteiger partial charge < -0.3 is 4.74 Å². The Morgan fingerprint density at radius 2 is 2.29 bits per heavy atom. The molecule has 1 aromatic heterocycles. The van der Waals surface area contributed by atoms with Crippen LogP contribution in [0.2, 0.25) is 0 Å². The molecule has 0 fully saturated rings. The van der Waals surface area contributed by atoms with Crippen LogP contribution in [0.1, 0.15) is 16.1 Å². The quantitative estimate of drug-likeness (QED) is 0.407. The lowest BCUT2D eigenvalue weighted by atomic mass is 10.2. The molecule has 4 heteroatoms. The van der Waals surface area contributed by atoms with Crippen LogP contribution in [0.4, 0.5) is 0 Å². The fourth-order valence-corrected chi connectivity index (χ4v) is 0.807. The highest BCUT2D eigenvalue weighted by Gasteiger charge is 1.93. The van der Waals surface area contributed by atoms with Crippen molar-refractivity contribution in [1.29, 1.82) is 0 Å². The van der Waals surface area contributed by atoms with E-state index < -0.39 is 5.97 Å². The molecule has 0 bridgehead atoms. The van der Waals surface area contributed by atoms with Gasteiger partial charge in [0.25, 0.3) is 0 Å². The molecule has 0 aliphatic rings. The summed E-state index contributed by atoms with van der Waals surface area (Å²) in [6.07, 6.45) is 4.92. The van der Waals surface area contributed by atoms with E-state index in [9.17, 15) is 9.59 Å². The van der Waals surface area contributed by atoms with Crippen molar-refractivity contribution in [3.05, 3.63) is 35.7 Å². The molecule has 0 atom stereocenters. The predicted octanol–water partition coefficient (Wildman–Crippen LogP) is 1.08. The number of rotatable bonds is 3. The Morgan fingerprint density at radius 1 is 1.50 bits per heavy atom. The average Bonchev–Trinajstić information content (AvgIpc) is 2.26. The maximum Gasteiger partial charge on any atom is 0.330 e. The minimum absolute atomic E-state index is 0.439. The summed E-state index contributed by atoms with van der Waals surface area (Å²) >= 11 is 0. The van der Waals surface area contributed by atoms with Crippen LogP contribution in [0.3, 0.4) is 0 Å². The summed E-state index contributed by atoms with van der Waals surface area (Å²) in [6.45, 7) is 0. The van der Waals surface area contributed by atoms with Crippen molar-refractivity contribution in [3.8, 4) is 0 Å². The van der Waals surface area contributed by atoms with Gasteiger partial charge in [0.15, 0.2) is 6.29 Å². The first-order chi connectivity index (χ1) is 6.76. The molecule has 4 nitrogen and oxygen atoms in total. The highest BCUT2D eigenvalue weighted by Crippen LogP contribution is 2.00. The van der Waals surface area contributed by atoms with E-state index in [0.29, 0.717) is 17.5 Å². The third-order valence-corrected chi connectivity index (χ3v) is 1.54. The van der Waals surface area contributed by atoms with Gasteiger partial charge in [-0.2, -0.15) is 0 Å². The second-order valence-electron chi connectivity index (χ2n) is 2.49. The highest BCUT2D eigenvalue weighted by atomic mass is 16.5. The molecule has 0 saturated heterocycles.